The maximum Gasteiger partial charge on any atom is 0.317 e. The molecule has 2 rings (SSSR count). The molecule has 0 aliphatic carbocycles. The van der Waals surface area contributed by atoms with Crippen molar-refractivity contribution in [3.63, 3.8) is 0 Å². The Hall–Kier alpha value is -1.59. The molecule has 1 saturated heterocycles. The third-order valence-corrected chi connectivity index (χ3v) is 4.77. The van der Waals surface area contributed by atoms with Gasteiger partial charge in [0.1, 0.15) is 0 Å². The summed E-state index contributed by atoms with van der Waals surface area (Å²) < 4.78 is 5.19. The van der Waals surface area contributed by atoms with Crippen molar-refractivity contribution < 1.29 is 9.32 Å². The largest absolute Gasteiger partial charge is 0.339 e. The monoisotopic (exact) mass is 336 g/mol. The molecule has 0 radical (unpaired) electrons. The Kier molecular flexibility index (Phi) is 6.24. The summed E-state index contributed by atoms with van der Waals surface area (Å²) in [5.74, 6) is 2.27. The highest BCUT2D eigenvalue weighted by Gasteiger charge is 2.32. The molecule has 2 amide bonds. The lowest BCUT2D eigenvalue weighted by atomic mass is 9.74. The Morgan fingerprint density at radius 1 is 1.29 bits per heavy atom. The number of nitrogens with zero attached hydrogens (tertiary/aromatic N) is 3. The minimum Gasteiger partial charge on any atom is -0.339 e. The zero-order valence-electron chi connectivity index (χ0n) is 15.8. The van der Waals surface area contributed by atoms with Crippen LogP contribution in [0.4, 0.5) is 4.79 Å². The normalized spacial score (nSPS) is 17.5. The van der Waals surface area contributed by atoms with Gasteiger partial charge in [-0.25, -0.2) is 4.79 Å². The molecule has 1 fully saturated rings. The first-order valence-electron chi connectivity index (χ1n) is 9.14. The van der Waals surface area contributed by atoms with Gasteiger partial charge in [-0.2, -0.15) is 4.98 Å². The predicted octanol–water partition coefficient (Wildman–Crippen LogP) is 3.59. The summed E-state index contributed by atoms with van der Waals surface area (Å²) >= 11 is 0. The predicted molar refractivity (Wildman–Crippen MR) is 93.9 cm³/mol. The van der Waals surface area contributed by atoms with E-state index in [0.29, 0.717) is 30.2 Å². The molecule has 0 unspecified atom stereocenters. The summed E-state index contributed by atoms with van der Waals surface area (Å²) in [6.07, 6.45) is 3.97. The van der Waals surface area contributed by atoms with Crippen LogP contribution in [0, 0.1) is 11.3 Å². The molecular formula is C18H32N4O2. The van der Waals surface area contributed by atoms with E-state index in [1.165, 1.54) is 6.42 Å². The molecule has 0 saturated carbocycles. The van der Waals surface area contributed by atoms with Crippen LogP contribution in [0.25, 0.3) is 0 Å². The van der Waals surface area contributed by atoms with Gasteiger partial charge in [0.15, 0.2) is 5.82 Å². The van der Waals surface area contributed by atoms with E-state index >= 15 is 0 Å². The topological polar surface area (TPSA) is 71.3 Å². The van der Waals surface area contributed by atoms with Gasteiger partial charge in [0, 0.05) is 32.0 Å². The van der Waals surface area contributed by atoms with E-state index in [1.807, 2.05) is 18.7 Å². The van der Waals surface area contributed by atoms with E-state index in [2.05, 4.69) is 36.2 Å². The average Bonchev–Trinajstić information content (AvgIpc) is 2.95. The zero-order valence-corrected chi connectivity index (χ0v) is 15.8. The lowest BCUT2D eigenvalue weighted by Gasteiger charge is -2.40. The number of likely N-dealkylation sites (tertiary alicyclic amines) is 1. The Labute approximate surface area is 145 Å². The summed E-state index contributed by atoms with van der Waals surface area (Å²) in [4.78, 5) is 18.5. The minimum atomic E-state index is 0.0187. The number of hydrogen-bond donors (Lipinski definition) is 1. The molecule has 0 spiro atoms. The molecule has 2 heterocycles. The van der Waals surface area contributed by atoms with Crippen molar-refractivity contribution in [3.05, 3.63) is 11.7 Å². The standard InChI is InChI=1S/C18H32N4O2/c1-13(2)12-18(5)7-10-22(11-8-18)17(23)19-9-6-15-20-16(14(3)4)21-24-15/h13-14H,6-12H2,1-5H3,(H,19,23). The molecule has 1 N–H and O–H groups in total. The van der Waals surface area contributed by atoms with E-state index in [4.69, 9.17) is 4.52 Å². The van der Waals surface area contributed by atoms with E-state index in [-0.39, 0.29) is 11.9 Å². The van der Waals surface area contributed by atoms with Crippen molar-refractivity contribution >= 4 is 6.03 Å². The van der Waals surface area contributed by atoms with Crippen molar-refractivity contribution in [2.45, 2.75) is 66.2 Å². The molecule has 6 nitrogen and oxygen atoms in total. The fourth-order valence-corrected chi connectivity index (χ4v) is 3.43. The minimum absolute atomic E-state index is 0.0187. The Balaban J connectivity index is 1.71. The zero-order chi connectivity index (χ0) is 17.7. The summed E-state index contributed by atoms with van der Waals surface area (Å²) in [6, 6.07) is 0.0187. The number of rotatable bonds is 6. The molecule has 0 aromatic carbocycles. The highest BCUT2D eigenvalue weighted by molar-refractivity contribution is 5.74. The van der Waals surface area contributed by atoms with E-state index in [1.54, 1.807) is 0 Å². The van der Waals surface area contributed by atoms with E-state index in [0.717, 1.165) is 31.8 Å². The maximum absolute atomic E-state index is 12.3. The van der Waals surface area contributed by atoms with Crippen LogP contribution in [-0.2, 0) is 6.42 Å². The first-order valence-corrected chi connectivity index (χ1v) is 9.14. The summed E-state index contributed by atoms with van der Waals surface area (Å²) in [7, 11) is 0. The van der Waals surface area contributed by atoms with Crippen LogP contribution >= 0.6 is 0 Å². The number of urea groups is 1. The second-order valence-electron chi connectivity index (χ2n) is 8.08. The molecule has 136 valence electrons. The lowest BCUT2D eigenvalue weighted by molar-refractivity contribution is 0.112. The van der Waals surface area contributed by atoms with Crippen LogP contribution in [0.5, 0.6) is 0 Å². The third-order valence-electron chi connectivity index (χ3n) is 4.77. The Bertz CT molecular complexity index is 531. The Morgan fingerprint density at radius 2 is 1.96 bits per heavy atom. The second-order valence-corrected chi connectivity index (χ2v) is 8.08. The van der Waals surface area contributed by atoms with Gasteiger partial charge in [0.25, 0.3) is 0 Å². The molecule has 1 aliphatic rings. The molecule has 6 heteroatoms. The average molecular weight is 336 g/mol. The van der Waals surface area contributed by atoms with Crippen LogP contribution in [0.15, 0.2) is 4.52 Å². The number of amides is 2. The van der Waals surface area contributed by atoms with Gasteiger partial charge in [-0.1, -0.05) is 39.8 Å². The molecule has 0 atom stereocenters. The van der Waals surface area contributed by atoms with Crippen molar-refractivity contribution in [1.29, 1.82) is 0 Å². The first kappa shape index (κ1) is 18.7. The van der Waals surface area contributed by atoms with Crippen molar-refractivity contribution in [1.82, 2.24) is 20.4 Å². The molecule has 1 aromatic heterocycles. The molecule has 1 aliphatic heterocycles. The number of carbonyl (C=O) groups excluding carboxylic acids is 1. The fraction of sp³-hybridized carbons (Fsp3) is 0.833. The second kappa shape index (κ2) is 7.99. The molecular weight excluding hydrogens is 304 g/mol. The van der Waals surface area contributed by atoms with Crippen LogP contribution in [0.1, 0.15) is 71.5 Å². The van der Waals surface area contributed by atoms with Gasteiger partial charge >= 0.3 is 6.03 Å². The first-order chi connectivity index (χ1) is 11.3. The quantitative estimate of drug-likeness (QED) is 0.861. The highest BCUT2D eigenvalue weighted by atomic mass is 16.5. The van der Waals surface area contributed by atoms with Gasteiger partial charge in [0.05, 0.1) is 0 Å². The van der Waals surface area contributed by atoms with Crippen molar-refractivity contribution in [3.8, 4) is 0 Å². The molecule has 0 bridgehead atoms. The van der Waals surface area contributed by atoms with Crippen molar-refractivity contribution in [2.75, 3.05) is 19.6 Å². The lowest BCUT2D eigenvalue weighted by Crippen LogP contribution is -2.47. The summed E-state index contributed by atoms with van der Waals surface area (Å²) in [5.41, 5.74) is 0.377. The number of carbonyl (C=O) groups is 1. The van der Waals surface area contributed by atoms with Crippen LogP contribution in [-0.4, -0.2) is 40.7 Å². The van der Waals surface area contributed by atoms with E-state index in [9.17, 15) is 4.79 Å². The molecule has 24 heavy (non-hydrogen) atoms. The van der Waals surface area contributed by atoms with Crippen LogP contribution < -0.4 is 5.32 Å². The maximum atomic E-state index is 12.3. The van der Waals surface area contributed by atoms with Crippen LogP contribution in [0.2, 0.25) is 0 Å². The van der Waals surface area contributed by atoms with Gasteiger partial charge in [-0.05, 0) is 30.6 Å². The van der Waals surface area contributed by atoms with Gasteiger partial charge in [-0.3, -0.25) is 0 Å². The number of piperidine rings is 1. The van der Waals surface area contributed by atoms with Crippen LogP contribution in [0.3, 0.4) is 0 Å². The number of hydrogen-bond acceptors (Lipinski definition) is 4. The Morgan fingerprint density at radius 3 is 2.50 bits per heavy atom. The van der Waals surface area contributed by atoms with E-state index < -0.39 is 0 Å². The summed E-state index contributed by atoms with van der Waals surface area (Å²) in [5, 5.41) is 6.90. The fourth-order valence-electron chi connectivity index (χ4n) is 3.43. The summed E-state index contributed by atoms with van der Waals surface area (Å²) in [6.45, 7) is 13.2. The SMILES string of the molecule is CC(C)CC1(C)CCN(C(=O)NCCc2nc(C(C)C)no2)CC1. The number of nitrogens with one attached hydrogen (secondary N) is 1. The van der Waals surface area contributed by atoms with Crippen molar-refractivity contribution in [2.24, 2.45) is 11.3 Å². The van der Waals surface area contributed by atoms with Gasteiger partial charge < -0.3 is 14.7 Å². The van der Waals surface area contributed by atoms with Gasteiger partial charge in [0.2, 0.25) is 5.89 Å². The number of aromatic nitrogens is 2. The smallest absolute Gasteiger partial charge is 0.317 e. The van der Waals surface area contributed by atoms with Gasteiger partial charge in [-0.15, -0.1) is 0 Å². The third kappa shape index (κ3) is 5.21. The molecule has 1 aromatic rings. The highest BCUT2D eigenvalue weighted by Crippen LogP contribution is 2.36.